The maximum Gasteiger partial charge on any atom is 0.261 e. The third-order valence-electron chi connectivity index (χ3n) is 5.41. The van der Waals surface area contributed by atoms with Gasteiger partial charge in [0.1, 0.15) is 6.04 Å². The predicted octanol–water partition coefficient (Wildman–Crippen LogP) is 4.86. The first-order valence-electron chi connectivity index (χ1n) is 10.9. The van der Waals surface area contributed by atoms with Crippen LogP contribution in [0, 0.1) is 20.8 Å². The normalized spacial score (nSPS) is 12.6. The smallest absolute Gasteiger partial charge is 0.261 e. The number of anilines is 3. The van der Waals surface area contributed by atoms with Crippen LogP contribution in [-0.2, 0) is 24.8 Å². The molecule has 0 aliphatic rings. The molecule has 8 nitrogen and oxygen atoms in total. The molecule has 11 heteroatoms. The summed E-state index contributed by atoms with van der Waals surface area (Å²) >= 11 is 6.07. The summed E-state index contributed by atoms with van der Waals surface area (Å²) in [4.78, 5) is 13.0. The lowest BCUT2D eigenvalue weighted by Crippen LogP contribution is -2.45. The summed E-state index contributed by atoms with van der Waals surface area (Å²) in [6, 6.07) is 14.6. The average Bonchev–Trinajstić information content (AvgIpc) is 2.75. The van der Waals surface area contributed by atoms with Gasteiger partial charge in [-0.1, -0.05) is 23.7 Å². The van der Waals surface area contributed by atoms with Gasteiger partial charge in [0.2, 0.25) is 15.9 Å². The van der Waals surface area contributed by atoms with Gasteiger partial charge < -0.3 is 5.32 Å². The van der Waals surface area contributed by atoms with Gasteiger partial charge in [-0.2, -0.15) is 0 Å². The number of hydrogen-bond acceptors (Lipinski definition) is 5. The topological polar surface area (TPSA) is 113 Å². The number of benzene rings is 3. The molecule has 0 aliphatic heterocycles. The SMILES string of the molecule is Cc1cc(C)cc(N([C@@H](C)C(=O)Nc2ccc(S(=O)(=O)Nc3ccc(C)c(Cl)c3)cc2)S(C)(=O)=O)c1. The highest BCUT2D eigenvalue weighted by Gasteiger charge is 2.29. The Morgan fingerprint density at radius 3 is 1.94 bits per heavy atom. The third kappa shape index (κ3) is 6.57. The molecule has 0 fully saturated rings. The van der Waals surface area contributed by atoms with Gasteiger partial charge in [0.25, 0.3) is 10.0 Å². The molecule has 0 radical (unpaired) electrons. The van der Waals surface area contributed by atoms with E-state index in [1.807, 2.05) is 26.8 Å². The zero-order valence-electron chi connectivity index (χ0n) is 20.5. The van der Waals surface area contributed by atoms with Gasteiger partial charge in [-0.05, 0) is 92.9 Å². The fourth-order valence-corrected chi connectivity index (χ4v) is 6.11. The molecule has 36 heavy (non-hydrogen) atoms. The zero-order valence-corrected chi connectivity index (χ0v) is 22.9. The predicted molar refractivity (Wildman–Crippen MR) is 145 cm³/mol. The van der Waals surface area contributed by atoms with Gasteiger partial charge in [-0.25, -0.2) is 16.8 Å². The largest absolute Gasteiger partial charge is 0.324 e. The highest BCUT2D eigenvalue weighted by atomic mass is 35.5. The van der Waals surface area contributed by atoms with Crippen LogP contribution in [-0.4, -0.2) is 35.0 Å². The number of halogens is 1. The molecule has 0 saturated heterocycles. The molecule has 0 saturated carbocycles. The van der Waals surface area contributed by atoms with Gasteiger partial charge in [-0.15, -0.1) is 0 Å². The van der Waals surface area contributed by atoms with Gasteiger partial charge in [0.05, 0.1) is 22.5 Å². The molecule has 3 aromatic rings. The van der Waals surface area contributed by atoms with Crippen LogP contribution in [0.5, 0.6) is 0 Å². The van der Waals surface area contributed by atoms with Crippen LogP contribution in [0.3, 0.4) is 0 Å². The van der Waals surface area contributed by atoms with Crippen LogP contribution in [0.1, 0.15) is 23.6 Å². The second-order valence-electron chi connectivity index (χ2n) is 8.66. The molecule has 2 N–H and O–H groups in total. The Hall–Kier alpha value is -3.08. The van der Waals surface area contributed by atoms with E-state index in [9.17, 15) is 21.6 Å². The fourth-order valence-electron chi connectivity index (χ4n) is 3.72. The Bertz CT molecular complexity index is 1480. The third-order valence-corrected chi connectivity index (χ3v) is 8.45. The van der Waals surface area contributed by atoms with Gasteiger partial charge in [0, 0.05) is 10.7 Å². The minimum Gasteiger partial charge on any atom is -0.324 e. The Morgan fingerprint density at radius 2 is 1.42 bits per heavy atom. The number of sulfonamides is 2. The first kappa shape index (κ1) is 27.5. The number of amides is 1. The average molecular weight is 550 g/mol. The summed E-state index contributed by atoms with van der Waals surface area (Å²) in [6.07, 6.45) is 1.04. The first-order chi connectivity index (χ1) is 16.7. The number of aryl methyl sites for hydroxylation is 3. The van der Waals surface area contributed by atoms with E-state index < -0.39 is 32.0 Å². The van der Waals surface area contributed by atoms with E-state index in [0.29, 0.717) is 22.1 Å². The second kappa shape index (κ2) is 10.5. The number of rotatable bonds is 8. The molecule has 192 valence electrons. The van der Waals surface area contributed by atoms with Gasteiger partial charge in [0.15, 0.2) is 0 Å². The summed E-state index contributed by atoms with van der Waals surface area (Å²) in [5.41, 5.74) is 3.58. The molecule has 0 aromatic heterocycles. The van der Waals surface area contributed by atoms with E-state index in [-0.39, 0.29) is 4.90 Å². The number of carbonyl (C=O) groups is 1. The van der Waals surface area contributed by atoms with Crippen molar-refractivity contribution < 1.29 is 21.6 Å². The summed E-state index contributed by atoms with van der Waals surface area (Å²) < 4.78 is 54.1. The molecular formula is C25H28ClN3O5S2. The molecule has 0 unspecified atom stereocenters. The summed E-state index contributed by atoms with van der Waals surface area (Å²) in [5.74, 6) is -0.567. The van der Waals surface area contributed by atoms with Crippen molar-refractivity contribution in [1.29, 1.82) is 0 Å². The molecular weight excluding hydrogens is 522 g/mol. The molecule has 3 aromatic carbocycles. The molecule has 3 rings (SSSR count). The van der Waals surface area contributed by atoms with E-state index >= 15 is 0 Å². The first-order valence-corrected chi connectivity index (χ1v) is 14.7. The van der Waals surface area contributed by atoms with Crippen LogP contribution >= 0.6 is 11.6 Å². The molecule has 0 spiro atoms. The van der Waals surface area contributed by atoms with E-state index in [0.717, 1.165) is 27.3 Å². The molecule has 0 heterocycles. The van der Waals surface area contributed by atoms with Crippen molar-refractivity contribution in [3.63, 3.8) is 0 Å². The summed E-state index contributed by atoms with van der Waals surface area (Å²) in [6.45, 7) is 6.99. The van der Waals surface area contributed by atoms with Crippen LogP contribution in [0.4, 0.5) is 17.1 Å². The maximum atomic E-state index is 13.0. The van der Waals surface area contributed by atoms with Crippen molar-refractivity contribution in [3.8, 4) is 0 Å². The van der Waals surface area contributed by atoms with Crippen LogP contribution in [0.25, 0.3) is 0 Å². The van der Waals surface area contributed by atoms with Crippen molar-refractivity contribution >= 4 is 54.6 Å². The van der Waals surface area contributed by atoms with Crippen molar-refractivity contribution in [3.05, 3.63) is 82.4 Å². The molecule has 1 amide bonds. The van der Waals surface area contributed by atoms with Crippen LogP contribution < -0.4 is 14.3 Å². The van der Waals surface area contributed by atoms with E-state index in [4.69, 9.17) is 11.6 Å². The van der Waals surface area contributed by atoms with Crippen LogP contribution in [0.2, 0.25) is 5.02 Å². The maximum absolute atomic E-state index is 13.0. The monoisotopic (exact) mass is 549 g/mol. The molecule has 1 atom stereocenters. The van der Waals surface area contributed by atoms with Crippen molar-refractivity contribution in [1.82, 2.24) is 0 Å². The zero-order chi connectivity index (χ0) is 26.8. The second-order valence-corrected chi connectivity index (χ2v) is 12.6. The van der Waals surface area contributed by atoms with E-state index in [1.54, 1.807) is 24.3 Å². The van der Waals surface area contributed by atoms with E-state index in [1.165, 1.54) is 37.3 Å². The van der Waals surface area contributed by atoms with Crippen molar-refractivity contribution in [2.24, 2.45) is 0 Å². The molecule has 0 aliphatic carbocycles. The standard InChI is InChI=1S/C25H28ClN3O5S2/c1-16-12-17(2)14-22(13-16)29(35(5,31)32)19(4)25(30)27-20-8-10-23(11-9-20)36(33,34)28-21-7-6-18(3)24(26)15-21/h6-15,19,28H,1-5H3,(H,27,30)/t19-/m0/s1. The lowest BCUT2D eigenvalue weighted by atomic mass is 10.1. The lowest BCUT2D eigenvalue weighted by molar-refractivity contribution is -0.116. The quantitative estimate of drug-likeness (QED) is 0.416. The van der Waals surface area contributed by atoms with Crippen molar-refractivity contribution in [2.45, 2.75) is 38.6 Å². The van der Waals surface area contributed by atoms with E-state index in [2.05, 4.69) is 10.0 Å². The van der Waals surface area contributed by atoms with Crippen molar-refractivity contribution in [2.75, 3.05) is 20.6 Å². The number of nitrogens with one attached hydrogen (secondary N) is 2. The minimum atomic E-state index is -3.89. The lowest BCUT2D eigenvalue weighted by Gasteiger charge is -2.28. The Balaban J connectivity index is 1.78. The summed E-state index contributed by atoms with van der Waals surface area (Å²) in [7, 11) is -7.66. The summed E-state index contributed by atoms with van der Waals surface area (Å²) in [5, 5.41) is 3.09. The minimum absolute atomic E-state index is 0.0155. The highest BCUT2D eigenvalue weighted by molar-refractivity contribution is 7.92. The molecule has 0 bridgehead atoms. The number of nitrogens with zero attached hydrogens (tertiary/aromatic N) is 1. The fraction of sp³-hybridized carbons (Fsp3) is 0.240. The van der Waals surface area contributed by atoms with Gasteiger partial charge >= 0.3 is 0 Å². The van der Waals surface area contributed by atoms with Crippen LogP contribution in [0.15, 0.2) is 65.6 Å². The van der Waals surface area contributed by atoms with Gasteiger partial charge in [-0.3, -0.25) is 13.8 Å². The highest BCUT2D eigenvalue weighted by Crippen LogP contribution is 2.26. The Kier molecular flexibility index (Phi) is 8.02. The number of hydrogen-bond donors (Lipinski definition) is 2. The number of carbonyl (C=O) groups excluding carboxylic acids is 1. The Labute approximate surface area is 217 Å². The Morgan fingerprint density at radius 1 is 0.861 bits per heavy atom.